The maximum atomic E-state index is 7.55. The Morgan fingerprint density at radius 2 is 1.79 bits per heavy atom. The van der Waals surface area contributed by atoms with Crippen LogP contribution in [0.15, 0.2) is 28.8 Å². The van der Waals surface area contributed by atoms with Crippen molar-refractivity contribution in [2.24, 2.45) is 5.73 Å². The number of hydrogen-bond acceptors (Lipinski definition) is 4. The Hall–Kier alpha value is -2.37. The second kappa shape index (κ2) is 11.0. The zero-order chi connectivity index (χ0) is 20.5. The smallest absolute Gasteiger partial charge is 0.231 e. The van der Waals surface area contributed by atoms with Crippen LogP contribution < -0.4 is 5.73 Å². The van der Waals surface area contributed by atoms with Gasteiger partial charge in [-0.3, -0.25) is 5.41 Å². The molecule has 29 heavy (non-hydrogen) atoms. The van der Waals surface area contributed by atoms with Gasteiger partial charge in [0, 0.05) is 18.7 Å². The Bertz CT molecular complexity index is 755. The van der Waals surface area contributed by atoms with Crippen LogP contribution in [0, 0.1) is 5.41 Å². The molecule has 0 bridgehead atoms. The van der Waals surface area contributed by atoms with E-state index in [0.717, 1.165) is 24.9 Å². The largest absolute Gasteiger partial charge is 0.370 e. The van der Waals surface area contributed by atoms with Crippen molar-refractivity contribution in [2.45, 2.75) is 77.0 Å². The summed E-state index contributed by atoms with van der Waals surface area (Å²) < 4.78 is 5.49. The molecule has 1 aromatic carbocycles. The summed E-state index contributed by atoms with van der Waals surface area (Å²) in [5, 5.41) is 11.7. The highest BCUT2D eigenvalue weighted by molar-refractivity contribution is 5.75. The number of guanidine groups is 1. The number of benzene rings is 1. The van der Waals surface area contributed by atoms with Gasteiger partial charge >= 0.3 is 0 Å². The molecule has 1 fully saturated rings. The van der Waals surface area contributed by atoms with Crippen molar-refractivity contribution in [3.63, 3.8) is 0 Å². The van der Waals surface area contributed by atoms with Gasteiger partial charge in [-0.05, 0) is 24.8 Å². The van der Waals surface area contributed by atoms with E-state index in [1.54, 1.807) is 0 Å². The van der Waals surface area contributed by atoms with Gasteiger partial charge in [0.1, 0.15) is 0 Å². The van der Waals surface area contributed by atoms with E-state index in [-0.39, 0.29) is 11.9 Å². The molecule has 1 aliphatic rings. The van der Waals surface area contributed by atoms with Gasteiger partial charge in [0.15, 0.2) is 5.96 Å². The first kappa shape index (κ1) is 21.3. The van der Waals surface area contributed by atoms with Gasteiger partial charge in [0.05, 0.1) is 5.92 Å². The van der Waals surface area contributed by atoms with E-state index >= 15 is 0 Å². The van der Waals surface area contributed by atoms with E-state index in [2.05, 4.69) is 41.3 Å². The van der Waals surface area contributed by atoms with Crippen LogP contribution in [-0.2, 0) is 6.42 Å². The first-order valence-corrected chi connectivity index (χ1v) is 11.2. The molecular formula is C23H35N5O. The predicted octanol–water partition coefficient (Wildman–Crippen LogP) is 5.10. The maximum Gasteiger partial charge on any atom is 0.231 e. The molecule has 1 aliphatic heterocycles. The van der Waals surface area contributed by atoms with Crippen LogP contribution in [0.25, 0.3) is 11.4 Å². The van der Waals surface area contributed by atoms with Crippen LogP contribution in [-0.4, -0.2) is 34.1 Å². The summed E-state index contributed by atoms with van der Waals surface area (Å²) in [6, 6.07) is 8.54. The number of nitrogens with two attached hydrogens (primary N) is 1. The highest BCUT2D eigenvalue weighted by atomic mass is 16.5. The Labute approximate surface area is 174 Å². The lowest BCUT2D eigenvalue weighted by molar-refractivity contribution is 0.354. The molecule has 158 valence electrons. The number of nitrogens with zero attached hydrogens (tertiary/aromatic N) is 3. The van der Waals surface area contributed by atoms with Gasteiger partial charge in [-0.2, -0.15) is 4.98 Å². The van der Waals surface area contributed by atoms with Crippen LogP contribution in [0.2, 0.25) is 0 Å². The number of rotatable bonds is 11. The molecule has 1 aromatic heterocycles. The molecule has 2 heterocycles. The fourth-order valence-corrected chi connectivity index (χ4v) is 3.98. The Balaban J connectivity index is 1.42. The van der Waals surface area contributed by atoms with Gasteiger partial charge in [-0.15, -0.1) is 0 Å². The number of aromatic nitrogens is 2. The fourth-order valence-electron chi connectivity index (χ4n) is 3.98. The van der Waals surface area contributed by atoms with Crippen molar-refractivity contribution in [1.29, 1.82) is 5.41 Å². The summed E-state index contributed by atoms with van der Waals surface area (Å²) in [7, 11) is 0. The SMILES string of the molecule is CCCCCCCCCCc1ccc(-c2noc([C@H]3CCN(C(=N)N)C3)n2)cc1. The fraction of sp³-hybridized carbons (Fsp3) is 0.609. The van der Waals surface area contributed by atoms with Crippen LogP contribution >= 0.6 is 0 Å². The standard InChI is InChI=1S/C23H35N5O/c1-2-3-4-5-6-7-8-9-10-18-11-13-19(14-12-18)21-26-22(29-27-21)20-15-16-28(17-20)23(24)25/h11-14,20H,2-10,15-17H2,1H3,(H3,24,25)/t20-/m0/s1. The molecule has 0 unspecified atom stereocenters. The molecule has 1 atom stereocenters. The van der Waals surface area contributed by atoms with Crippen LogP contribution in [0.5, 0.6) is 0 Å². The Morgan fingerprint density at radius 3 is 2.45 bits per heavy atom. The lowest BCUT2D eigenvalue weighted by Crippen LogP contribution is -2.34. The quantitative estimate of drug-likeness (QED) is 0.312. The van der Waals surface area contributed by atoms with E-state index in [1.807, 2.05) is 4.90 Å². The van der Waals surface area contributed by atoms with Crippen molar-refractivity contribution in [3.8, 4) is 11.4 Å². The average molecular weight is 398 g/mol. The number of likely N-dealkylation sites (tertiary alicyclic amines) is 1. The summed E-state index contributed by atoms with van der Waals surface area (Å²) in [6.07, 6.45) is 12.8. The molecule has 3 N–H and O–H groups in total. The van der Waals surface area contributed by atoms with Crippen molar-refractivity contribution >= 4 is 5.96 Å². The molecule has 2 aromatic rings. The number of unbranched alkanes of at least 4 members (excludes halogenated alkanes) is 7. The van der Waals surface area contributed by atoms with Crippen molar-refractivity contribution in [2.75, 3.05) is 13.1 Å². The minimum absolute atomic E-state index is 0.110. The summed E-state index contributed by atoms with van der Waals surface area (Å²) in [5.74, 6) is 1.55. The predicted molar refractivity (Wildman–Crippen MR) is 117 cm³/mol. The van der Waals surface area contributed by atoms with Crippen LogP contribution in [0.4, 0.5) is 0 Å². The molecule has 3 rings (SSSR count). The molecule has 0 spiro atoms. The van der Waals surface area contributed by atoms with Gasteiger partial charge < -0.3 is 15.2 Å². The van der Waals surface area contributed by atoms with Gasteiger partial charge in [-0.1, -0.05) is 81.3 Å². The summed E-state index contributed by atoms with van der Waals surface area (Å²) in [6.45, 7) is 3.71. The Kier molecular flexibility index (Phi) is 8.08. The summed E-state index contributed by atoms with van der Waals surface area (Å²) in [5.41, 5.74) is 7.93. The second-order valence-electron chi connectivity index (χ2n) is 8.19. The second-order valence-corrected chi connectivity index (χ2v) is 8.19. The topological polar surface area (TPSA) is 92.0 Å². The third-order valence-electron chi connectivity index (χ3n) is 5.85. The summed E-state index contributed by atoms with van der Waals surface area (Å²) >= 11 is 0. The highest BCUT2D eigenvalue weighted by Crippen LogP contribution is 2.27. The zero-order valence-corrected chi connectivity index (χ0v) is 17.7. The lowest BCUT2D eigenvalue weighted by atomic mass is 10.0. The molecule has 0 saturated carbocycles. The molecule has 1 saturated heterocycles. The molecular weight excluding hydrogens is 362 g/mol. The van der Waals surface area contributed by atoms with E-state index in [1.165, 1.54) is 56.9 Å². The minimum Gasteiger partial charge on any atom is -0.370 e. The number of aryl methyl sites for hydroxylation is 1. The first-order chi connectivity index (χ1) is 14.2. The van der Waals surface area contributed by atoms with Crippen molar-refractivity contribution in [3.05, 3.63) is 35.7 Å². The average Bonchev–Trinajstić information content (AvgIpc) is 3.40. The normalized spacial score (nSPS) is 16.4. The van der Waals surface area contributed by atoms with E-state index in [0.29, 0.717) is 18.3 Å². The van der Waals surface area contributed by atoms with Crippen molar-refractivity contribution < 1.29 is 4.52 Å². The number of nitrogens with one attached hydrogen (secondary N) is 1. The van der Waals surface area contributed by atoms with Crippen LogP contribution in [0.1, 0.15) is 82.1 Å². The third kappa shape index (κ3) is 6.31. The highest BCUT2D eigenvalue weighted by Gasteiger charge is 2.29. The number of hydrogen-bond donors (Lipinski definition) is 2. The summed E-state index contributed by atoms with van der Waals surface area (Å²) in [4.78, 5) is 6.43. The first-order valence-electron chi connectivity index (χ1n) is 11.2. The van der Waals surface area contributed by atoms with Crippen LogP contribution in [0.3, 0.4) is 0 Å². The van der Waals surface area contributed by atoms with Gasteiger partial charge in [0.25, 0.3) is 0 Å². The molecule has 6 nitrogen and oxygen atoms in total. The van der Waals surface area contributed by atoms with Crippen molar-refractivity contribution in [1.82, 2.24) is 15.0 Å². The maximum absolute atomic E-state index is 7.55. The lowest BCUT2D eigenvalue weighted by Gasteiger charge is -2.14. The molecule has 0 radical (unpaired) electrons. The Morgan fingerprint density at radius 1 is 1.10 bits per heavy atom. The molecule has 0 amide bonds. The van der Waals surface area contributed by atoms with E-state index in [9.17, 15) is 0 Å². The monoisotopic (exact) mass is 397 g/mol. The zero-order valence-electron chi connectivity index (χ0n) is 17.7. The molecule has 0 aliphatic carbocycles. The third-order valence-corrected chi connectivity index (χ3v) is 5.85. The van der Waals surface area contributed by atoms with Gasteiger partial charge in [-0.25, -0.2) is 0 Å². The van der Waals surface area contributed by atoms with Gasteiger partial charge in [0.2, 0.25) is 11.7 Å². The van der Waals surface area contributed by atoms with E-state index in [4.69, 9.17) is 15.7 Å². The minimum atomic E-state index is 0.110. The van der Waals surface area contributed by atoms with E-state index < -0.39 is 0 Å². The molecule has 6 heteroatoms.